The highest BCUT2D eigenvalue weighted by Crippen LogP contribution is 2.31. The first-order valence-electron chi connectivity index (χ1n) is 10.9. The summed E-state index contributed by atoms with van der Waals surface area (Å²) in [6.07, 6.45) is 1.27. The molecule has 2 amide bonds. The van der Waals surface area contributed by atoms with Gasteiger partial charge in [0.1, 0.15) is 17.5 Å². The number of para-hydroxylation sites is 1. The van der Waals surface area contributed by atoms with E-state index in [9.17, 15) is 9.59 Å². The monoisotopic (exact) mass is 502 g/mol. The minimum absolute atomic E-state index is 0.0509. The summed E-state index contributed by atoms with van der Waals surface area (Å²) in [7, 11) is 0. The van der Waals surface area contributed by atoms with Crippen LogP contribution in [0.25, 0.3) is 10.6 Å². The van der Waals surface area contributed by atoms with Gasteiger partial charge in [0.2, 0.25) is 6.41 Å². The average molecular weight is 503 g/mol. The minimum Gasteiger partial charge on any atom is -0.489 e. The summed E-state index contributed by atoms with van der Waals surface area (Å²) in [5.41, 5.74) is 1.42. The molecular formula is C24H30N4O4S2. The topological polar surface area (TPSA) is 93.6 Å². The predicted octanol–water partition coefficient (Wildman–Crippen LogP) is 5.53. The molecule has 10 heteroatoms. The quantitative estimate of drug-likeness (QED) is 0.461. The third-order valence-electron chi connectivity index (χ3n) is 4.67. The molecule has 1 aliphatic rings. The van der Waals surface area contributed by atoms with Crippen LogP contribution in [0.2, 0.25) is 0 Å². The molecule has 1 saturated heterocycles. The number of carbonyl (C=O) groups excluding carboxylic acids is 2. The molecule has 0 spiro atoms. The van der Waals surface area contributed by atoms with Gasteiger partial charge < -0.3 is 19.7 Å². The lowest BCUT2D eigenvalue weighted by atomic mass is 10.2. The van der Waals surface area contributed by atoms with E-state index in [1.807, 2.05) is 70.3 Å². The molecule has 1 fully saturated rings. The van der Waals surface area contributed by atoms with E-state index < -0.39 is 5.60 Å². The molecule has 182 valence electrons. The SMILES string of the molecule is CC(C)(C)OC(=O)N1CC[C@@H](Oc2ccccc2)C1.Cc1nc(C)c(-c2csc(NC=O)n2)s1. The van der Waals surface area contributed by atoms with Crippen LogP contribution in [-0.2, 0) is 9.53 Å². The van der Waals surface area contributed by atoms with Crippen molar-refractivity contribution in [3.05, 3.63) is 46.4 Å². The second-order valence-corrected chi connectivity index (χ2v) is 10.8. The first-order chi connectivity index (χ1) is 16.1. The van der Waals surface area contributed by atoms with E-state index >= 15 is 0 Å². The van der Waals surface area contributed by atoms with Crippen LogP contribution in [0.3, 0.4) is 0 Å². The number of nitrogens with zero attached hydrogens (tertiary/aromatic N) is 3. The van der Waals surface area contributed by atoms with Crippen molar-refractivity contribution in [2.75, 3.05) is 18.4 Å². The normalized spacial score (nSPS) is 15.3. The van der Waals surface area contributed by atoms with Gasteiger partial charge in [-0.25, -0.2) is 14.8 Å². The number of benzene rings is 1. The molecule has 8 nitrogen and oxygen atoms in total. The standard InChI is InChI=1S/C15H21NO3.C9H9N3OS2/c1-15(2,3)19-14(17)16-10-9-13(11-16)18-12-7-5-4-6-8-12;1-5-8(15-6(2)11-5)7-3-14-9(12-7)10-4-13/h4-8,13H,9-11H2,1-3H3;3-4H,1-2H3,(H,10,12,13)/t13-;/m1./s1. The Hall–Kier alpha value is -2.98. The highest BCUT2D eigenvalue weighted by Gasteiger charge is 2.30. The Labute approximate surface area is 208 Å². The number of amides is 2. The molecule has 0 saturated carbocycles. The van der Waals surface area contributed by atoms with E-state index in [1.54, 1.807) is 16.2 Å². The van der Waals surface area contributed by atoms with Gasteiger partial charge in [0.15, 0.2) is 5.13 Å². The van der Waals surface area contributed by atoms with E-state index in [-0.39, 0.29) is 12.2 Å². The zero-order valence-corrected chi connectivity index (χ0v) is 21.7. The number of hydrogen-bond donors (Lipinski definition) is 1. The maximum absolute atomic E-state index is 11.9. The van der Waals surface area contributed by atoms with Crippen molar-refractivity contribution in [2.24, 2.45) is 0 Å². The summed E-state index contributed by atoms with van der Waals surface area (Å²) < 4.78 is 11.2. The number of thiazole rings is 2. The lowest BCUT2D eigenvalue weighted by molar-refractivity contribution is -0.105. The van der Waals surface area contributed by atoms with Crippen LogP contribution in [0, 0.1) is 13.8 Å². The van der Waals surface area contributed by atoms with Crippen LogP contribution >= 0.6 is 22.7 Å². The molecule has 1 atom stereocenters. The molecule has 34 heavy (non-hydrogen) atoms. The van der Waals surface area contributed by atoms with Crippen molar-refractivity contribution in [1.82, 2.24) is 14.9 Å². The Kier molecular flexibility index (Phi) is 8.62. The van der Waals surface area contributed by atoms with Gasteiger partial charge in [-0.05, 0) is 46.8 Å². The summed E-state index contributed by atoms with van der Waals surface area (Å²) in [5, 5.41) is 6.10. The second-order valence-electron chi connectivity index (χ2n) is 8.72. The summed E-state index contributed by atoms with van der Waals surface area (Å²) in [6, 6.07) is 9.69. The highest BCUT2D eigenvalue weighted by molar-refractivity contribution is 7.16. The van der Waals surface area contributed by atoms with Crippen LogP contribution in [0.4, 0.5) is 9.93 Å². The number of aryl methyl sites for hydroxylation is 2. The second kappa shape index (κ2) is 11.4. The number of aromatic nitrogens is 2. The average Bonchev–Trinajstić information content (AvgIpc) is 3.49. The van der Waals surface area contributed by atoms with Crippen molar-refractivity contribution >= 4 is 40.3 Å². The third-order valence-corrected chi connectivity index (χ3v) is 6.53. The van der Waals surface area contributed by atoms with Gasteiger partial charge in [0.25, 0.3) is 0 Å². The minimum atomic E-state index is -0.449. The van der Waals surface area contributed by atoms with Crippen molar-refractivity contribution < 1.29 is 19.1 Å². The van der Waals surface area contributed by atoms with E-state index in [4.69, 9.17) is 9.47 Å². The maximum atomic E-state index is 11.9. The lowest BCUT2D eigenvalue weighted by Gasteiger charge is -2.24. The van der Waals surface area contributed by atoms with Gasteiger partial charge in [0, 0.05) is 18.3 Å². The fourth-order valence-corrected chi connectivity index (χ4v) is 4.89. The molecule has 1 N–H and O–H groups in total. The fourth-order valence-electron chi connectivity index (χ4n) is 3.27. The number of nitrogens with one attached hydrogen (secondary N) is 1. The number of carbonyl (C=O) groups is 2. The molecule has 0 bridgehead atoms. The summed E-state index contributed by atoms with van der Waals surface area (Å²) in [4.78, 5) is 33.5. The number of rotatable bonds is 5. The van der Waals surface area contributed by atoms with Crippen molar-refractivity contribution in [1.29, 1.82) is 0 Å². The first kappa shape index (κ1) is 25.6. The fraction of sp³-hybridized carbons (Fsp3) is 0.417. The van der Waals surface area contributed by atoms with E-state index in [1.165, 1.54) is 11.3 Å². The zero-order chi connectivity index (χ0) is 24.7. The predicted molar refractivity (Wildman–Crippen MR) is 136 cm³/mol. The zero-order valence-electron chi connectivity index (χ0n) is 20.0. The van der Waals surface area contributed by atoms with Gasteiger partial charge >= 0.3 is 6.09 Å². The molecule has 0 aliphatic carbocycles. The van der Waals surface area contributed by atoms with Crippen molar-refractivity contribution in [3.63, 3.8) is 0 Å². The first-order valence-corrected chi connectivity index (χ1v) is 12.6. The number of ether oxygens (including phenoxy) is 2. The van der Waals surface area contributed by atoms with Crippen LogP contribution in [0.5, 0.6) is 5.75 Å². The molecule has 3 aromatic rings. The Morgan fingerprint density at radius 1 is 1.21 bits per heavy atom. The Morgan fingerprint density at radius 2 is 1.94 bits per heavy atom. The maximum Gasteiger partial charge on any atom is 0.410 e. The summed E-state index contributed by atoms with van der Waals surface area (Å²) in [5.74, 6) is 0.846. The Morgan fingerprint density at radius 3 is 2.56 bits per heavy atom. The molecule has 0 radical (unpaired) electrons. The van der Waals surface area contributed by atoms with Gasteiger partial charge in [-0.2, -0.15) is 0 Å². The van der Waals surface area contributed by atoms with Gasteiger partial charge in [0.05, 0.1) is 27.8 Å². The van der Waals surface area contributed by atoms with Gasteiger partial charge in [-0.3, -0.25) is 4.79 Å². The molecule has 2 aromatic heterocycles. The molecule has 4 rings (SSSR count). The Balaban J connectivity index is 0.000000196. The van der Waals surface area contributed by atoms with Crippen LogP contribution in [0.15, 0.2) is 35.7 Å². The molecular weight excluding hydrogens is 472 g/mol. The molecule has 0 unspecified atom stereocenters. The largest absolute Gasteiger partial charge is 0.489 e. The molecule has 1 aliphatic heterocycles. The lowest BCUT2D eigenvalue weighted by Crippen LogP contribution is -2.36. The van der Waals surface area contributed by atoms with E-state index in [0.29, 0.717) is 24.6 Å². The number of hydrogen-bond acceptors (Lipinski definition) is 8. The number of likely N-dealkylation sites (tertiary alicyclic amines) is 1. The van der Waals surface area contributed by atoms with E-state index in [0.717, 1.165) is 33.4 Å². The summed E-state index contributed by atoms with van der Waals surface area (Å²) in [6.45, 7) is 10.8. The third kappa shape index (κ3) is 7.53. The van der Waals surface area contributed by atoms with Gasteiger partial charge in [-0.15, -0.1) is 22.7 Å². The highest BCUT2D eigenvalue weighted by atomic mass is 32.1. The molecule has 3 heterocycles. The van der Waals surface area contributed by atoms with Crippen LogP contribution in [0.1, 0.15) is 37.9 Å². The summed E-state index contributed by atoms with van der Waals surface area (Å²) >= 11 is 3.03. The van der Waals surface area contributed by atoms with Crippen molar-refractivity contribution in [2.45, 2.75) is 52.7 Å². The van der Waals surface area contributed by atoms with Crippen molar-refractivity contribution in [3.8, 4) is 16.3 Å². The Bertz CT molecular complexity index is 1090. The van der Waals surface area contributed by atoms with Gasteiger partial charge in [-0.1, -0.05) is 18.2 Å². The van der Waals surface area contributed by atoms with E-state index in [2.05, 4.69) is 15.3 Å². The smallest absolute Gasteiger partial charge is 0.410 e. The van der Waals surface area contributed by atoms with Crippen LogP contribution in [-0.4, -0.2) is 52.2 Å². The molecule has 1 aromatic carbocycles. The number of anilines is 1. The van der Waals surface area contributed by atoms with Crippen LogP contribution < -0.4 is 10.1 Å².